The van der Waals surface area contributed by atoms with E-state index in [1.165, 1.54) is 11.1 Å². The first-order valence-electron chi connectivity index (χ1n) is 6.27. The van der Waals surface area contributed by atoms with E-state index in [2.05, 4.69) is 36.4 Å². The van der Waals surface area contributed by atoms with Crippen molar-refractivity contribution in [3.05, 3.63) is 29.3 Å². The molecule has 0 saturated carbocycles. The first kappa shape index (κ1) is 13.3. The lowest BCUT2D eigenvalue weighted by Crippen LogP contribution is -2.31. The number of terminal acetylenes is 1. The van der Waals surface area contributed by atoms with Crippen LogP contribution in [-0.2, 0) is 6.42 Å². The zero-order valence-corrected chi connectivity index (χ0v) is 11.6. The molecule has 0 aromatic heterocycles. The van der Waals surface area contributed by atoms with Crippen LogP contribution in [0.25, 0.3) is 0 Å². The van der Waals surface area contributed by atoms with Crippen molar-refractivity contribution in [3.8, 4) is 18.1 Å². The fourth-order valence-electron chi connectivity index (χ4n) is 2.10. The highest BCUT2D eigenvalue weighted by Crippen LogP contribution is 2.29. The summed E-state index contributed by atoms with van der Waals surface area (Å²) in [5.41, 5.74) is 2.64. The van der Waals surface area contributed by atoms with Crippen LogP contribution < -0.4 is 10.1 Å². The lowest BCUT2D eigenvalue weighted by atomic mass is 10.1. The van der Waals surface area contributed by atoms with Gasteiger partial charge in [-0.1, -0.05) is 23.6 Å². The van der Waals surface area contributed by atoms with Crippen LogP contribution in [0, 0.1) is 19.3 Å². The normalized spacial score (nSPS) is 17.0. The van der Waals surface area contributed by atoms with Crippen molar-refractivity contribution in [2.24, 2.45) is 0 Å². The van der Waals surface area contributed by atoms with Crippen molar-refractivity contribution in [1.29, 1.82) is 0 Å². The highest BCUT2D eigenvalue weighted by atomic mass is 32.2. The van der Waals surface area contributed by atoms with Crippen molar-refractivity contribution in [3.63, 3.8) is 0 Å². The van der Waals surface area contributed by atoms with Gasteiger partial charge in [-0.25, -0.2) is 0 Å². The van der Waals surface area contributed by atoms with E-state index in [0.29, 0.717) is 0 Å². The first-order valence-corrected chi connectivity index (χ1v) is 7.43. The Labute approximate surface area is 113 Å². The molecule has 18 heavy (non-hydrogen) atoms. The molecule has 1 N–H and O–H groups in total. The average molecular weight is 261 g/mol. The summed E-state index contributed by atoms with van der Waals surface area (Å²) in [7, 11) is 0. The lowest BCUT2D eigenvalue weighted by Gasteiger charge is -2.11. The standard InChI is InChI=1S/C15H19NOS/c1-3-7-18-8-6-16-11-14-10-13-9-12(2)4-5-15(13)17-14/h1,4-5,9,14,16H,6-8,10-11H2,2H3. The van der Waals surface area contributed by atoms with Gasteiger partial charge in [0, 0.05) is 25.3 Å². The van der Waals surface area contributed by atoms with E-state index in [0.717, 1.165) is 36.8 Å². The average Bonchev–Trinajstić information content (AvgIpc) is 2.75. The minimum atomic E-state index is 0.277. The van der Waals surface area contributed by atoms with E-state index in [1.807, 2.05) is 0 Å². The van der Waals surface area contributed by atoms with Crippen molar-refractivity contribution >= 4 is 11.8 Å². The number of rotatable bonds is 6. The highest BCUT2D eigenvalue weighted by molar-refractivity contribution is 7.99. The van der Waals surface area contributed by atoms with E-state index in [-0.39, 0.29) is 6.10 Å². The molecule has 3 heteroatoms. The van der Waals surface area contributed by atoms with Gasteiger partial charge in [-0.05, 0) is 18.6 Å². The van der Waals surface area contributed by atoms with Crippen LogP contribution in [0.2, 0.25) is 0 Å². The molecule has 1 heterocycles. The van der Waals surface area contributed by atoms with Crippen LogP contribution in [0.1, 0.15) is 11.1 Å². The number of thioether (sulfide) groups is 1. The molecule has 0 amide bonds. The summed E-state index contributed by atoms with van der Waals surface area (Å²) >= 11 is 1.79. The van der Waals surface area contributed by atoms with Crippen LogP contribution in [0.15, 0.2) is 18.2 Å². The Morgan fingerprint density at radius 2 is 2.44 bits per heavy atom. The molecule has 1 aliphatic heterocycles. The van der Waals surface area contributed by atoms with E-state index in [9.17, 15) is 0 Å². The minimum absolute atomic E-state index is 0.277. The van der Waals surface area contributed by atoms with Crippen molar-refractivity contribution < 1.29 is 4.74 Å². The molecule has 0 fully saturated rings. The van der Waals surface area contributed by atoms with Gasteiger partial charge in [-0.2, -0.15) is 0 Å². The smallest absolute Gasteiger partial charge is 0.123 e. The predicted octanol–water partition coefficient (Wildman–Crippen LogP) is 2.25. The fraction of sp³-hybridized carbons (Fsp3) is 0.467. The van der Waals surface area contributed by atoms with E-state index >= 15 is 0 Å². The molecular formula is C15H19NOS. The molecule has 0 bridgehead atoms. The molecule has 1 aliphatic rings. The highest BCUT2D eigenvalue weighted by Gasteiger charge is 2.21. The predicted molar refractivity (Wildman–Crippen MR) is 78.3 cm³/mol. The van der Waals surface area contributed by atoms with Gasteiger partial charge in [0.1, 0.15) is 11.9 Å². The molecule has 0 saturated heterocycles. The SMILES string of the molecule is C#CCSCCNCC1Cc2cc(C)ccc2O1. The summed E-state index contributed by atoms with van der Waals surface area (Å²) in [4.78, 5) is 0. The molecule has 2 nitrogen and oxygen atoms in total. The summed E-state index contributed by atoms with van der Waals surface area (Å²) in [6.45, 7) is 4.01. The quantitative estimate of drug-likeness (QED) is 0.627. The summed E-state index contributed by atoms with van der Waals surface area (Å²) in [6.07, 6.45) is 6.49. The maximum absolute atomic E-state index is 5.89. The van der Waals surface area contributed by atoms with Gasteiger partial charge in [0.15, 0.2) is 0 Å². The number of nitrogens with one attached hydrogen (secondary N) is 1. The third-order valence-corrected chi connectivity index (χ3v) is 3.80. The summed E-state index contributed by atoms with van der Waals surface area (Å²) in [5, 5.41) is 3.42. The number of ether oxygens (including phenoxy) is 1. The molecular weight excluding hydrogens is 242 g/mol. The molecule has 0 aliphatic carbocycles. The van der Waals surface area contributed by atoms with E-state index in [1.54, 1.807) is 11.8 Å². The molecule has 0 spiro atoms. The van der Waals surface area contributed by atoms with Gasteiger partial charge in [0.2, 0.25) is 0 Å². The van der Waals surface area contributed by atoms with Gasteiger partial charge in [0.05, 0.1) is 5.75 Å². The van der Waals surface area contributed by atoms with E-state index in [4.69, 9.17) is 11.2 Å². The van der Waals surface area contributed by atoms with Crippen molar-refractivity contribution in [1.82, 2.24) is 5.32 Å². The molecule has 96 valence electrons. The molecule has 0 radical (unpaired) electrons. The monoisotopic (exact) mass is 261 g/mol. The second-order valence-electron chi connectivity index (χ2n) is 4.52. The minimum Gasteiger partial charge on any atom is -0.488 e. The number of fused-ring (bicyclic) bond motifs is 1. The third kappa shape index (κ3) is 3.69. The number of hydrogen-bond donors (Lipinski definition) is 1. The zero-order chi connectivity index (χ0) is 12.8. The van der Waals surface area contributed by atoms with Crippen LogP contribution in [0.4, 0.5) is 0 Å². The van der Waals surface area contributed by atoms with Crippen molar-refractivity contribution in [2.45, 2.75) is 19.4 Å². The second-order valence-corrected chi connectivity index (χ2v) is 5.62. The lowest BCUT2D eigenvalue weighted by molar-refractivity contribution is 0.229. The summed E-state index contributed by atoms with van der Waals surface area (Å²) in [5.74, 6) is 5.53. The van der Waals surface area contributed by atoms with Crippen LogP contribution in [-0.4, -0.2) is 30.7 Å². The Bertz CT molecular complexity index is 439. The summed E-state index contributed by atoms with van der Waals surface area (Å²) in [6, 6.07) is 6.40. The Hall–Kier alpha value is -1.11. The molecule has 1 aromatic carbocycles. The molecule has 1 aromatic rings. The number of benzene rings is 1. The summed E-state index contributed by atoms with van der Waals surface area (Å²) < 4.78 is 5.89. The molecule has 1 unspecified atom stereocenters. The Morgan fingerprint density at radius 3 is 3.28 bits per heavy atom. The van der Waals surface area contributed by atoms with Crippen LogP contribution >= 0.6 is 11.8 Å². The number of hydrogen-bond acceptors (Lipinski definition) is 3. The maximum atomic E-state index is 5.89. The van der Waals surface area contributed by atoms with Gasteiger partial charge >= 0.3 is 0 Å². The van der Waals surface area contributed by atoms with E-state index < -0.39 is 0 Å². The molecule has 1 atom stereocenters. The third-order valence-electron chi connectivity index (χ3n) is 2.94. The fourth-order valence-corrected chi connectivity index (χ4v) is 2.65. The van der Waals surface area contributed by atoms with Gasteiger partial charge in [0.25, 0.3) is 0 Å². The largest absolute Gasteiger partial charge is 0.488 e. The first-order chi connectivity index (χ1) is 8.79. The van der Waals surface area contributed by atoms with Crippen LogP contribution in [0.5, 0.6) is 5.75 Å². The van der Waals surface area contributed by atoms with Crippen molar-refractivity contribution in [2.75, 3.05) is 24.6 Å². The van der Waals surface area contributed by atoms with Gasteiger partial charge < -0.3 is 10.1 Å². The Morgan fingerprint density at radius 1 is 1.56 bits per heavy atom. The second kappa shape index (κ2) is 6.72. The number of aryl methyl sites for hydroxylation is 1. The van der Waals surface area contributed by atoms with Crippen LogP contribution in [0.3, 0.4) is 0 Å². The molecule has 2 rings (SSSR count). The Kier molecular flexibility index (Phi) is 4.98. The van der Waals surface area contributed by atoms with Gasteiger partial charge in [-0.15, -0.1) is 18.2 Å². The van der Waals surface area contributed by atoms with Gasteiger partial charge in [-0.3, -0.25) is 0 Å². The maximum Gasteiger partial charge on any atom is 0.123 e. The topological polar surface area (TPSA) is 21.3 Å². The zero-order valence-electron chi connectivity index (χ0n) is 10.7. The Balaban J connectivity index is 1.67.